The molecule has 2 amide bonds. The highest BCUT2D eigenvalue weighted by Crippen LogP contribution is 2.21. The van der Waals surface area contributed by atoms with Gasteiger partial charge in [-0.2, -0.15) is 0 Å². The lowest BCUT2D eigenvalue weighted by Gasteiger charge is -2.34. The van der Waals surface area contributed by atoms with Gasteiger partial charge in [-0.15, -0.1) is 0 Å². The summed E-state index contributed by atoms with van der Waals surface area (Å²) in [7, 11) is 0. The van der Waals surface area contributed by atoms with Crippen molar-refractivity contribution in [3.8, 4) is 0 Å². The molecule has 1 unspecified atom stereocenters. The van der Waals surface area contributed by atoms with E-state index in [9.17, 15) is 18.8 Å². The number of hydrogen-bond donors (Lipinski definition) is 1. The number of nitrogens with zero attached hydrogens (tertiary/aromatic N) is 2. The Morgan fingerprint density at radius 3 is 2.54 bits per heavy atom. The number of carbonyl (C=O) groups is 3. The molecule has 1 aromatic carbocycles. The molecule has 24 heavy (non-hydrogen) atoms. The van der Waals surface area contributed by atoms with Crippen LogP contribution in [0.1, 0.15) is 30.1 Å². The molecule has 0 bridgehead atoms. The van der Waals surface area contributed by atoms with Crippen molar-refractivity contribution in [3.05, 3.63) is 35.6 Å². The lowest BCUT2D eigenvalue weighted by molar-refractivity contribution is -0.146. The molecule has 7 heteroatoms. The monoisotopic (exact) mass is 336 g/mol. The molecule has 6 nitrogen and oxygen atoms in total. The normalized spacial score (nSPS) is 17.4. The van der Waals surface area contributed by atoms with E-state index < -0.39 is 17.7 Å². The number of likely N-dealkylation sites (tertiary alicyclic amines) is 1. The first-order valence-corrected chi connectivity index (χ1v) is 7.97. The third-order valence-corrected chi connectivity index (χ3v) is 4.17. The molecule has 2 rings (SSSR count). The number of amides is 2. The van der Waals surface area contributed by atoms with Gasteiger partial charge in [0.1, 0.15) is 12.4 Å². The molecule has 0 radical (unpaired) electrons. The summed E-state index contributed by atoms with van der Waals surface area (Å²) in [6, 6.07) is 5.30. The number of carboxylic acids is 1. The molecule has 1 heterocycles. The minimum atomic E-state index is -1.06. The van der Waals surface area contributed by atoms with E-state index in [1.54, 1.807) is 11.8 Å². The van der Waals surface area contributed by atoms with E-state index in [2.05, 4.69) is 0 Å². The zero-order valence-corrected chi connectivity index (χ0v) is 13.6. The van der Waals surface area contributed by atoms with Gasteiger partial charge in [-0.05, 0) is 44.0 Å². The second-order valence-corrected chi connectivity index (χ2v) is 5.84. The molecule has 130 valence electrons. The van der Waals surface area contributed by atoms with E-state index >= 15 is 0 Å². The summed E-state index contributed by atoms with van der Waals surface area (Å²) in [6.45, 7) is 2.49. The van der Waals surface area contributed by atoms with Crippen LogP contribution in [0.3, 0.4) is 0 Å². The van der Waals surface area contributed by atoms with E-state index in [4.69, 9.17) is 5.11 Å². The predicted octanol–water partition coefficient (Wildman–Crippen LogP) is 1.61. The van der Waals surface area contributed by atoms with Crippen LogP contribution < -0.4 is 0 Å². The maximum Gasteiger partial charge on any atom is 0.323 e. The van der Waals surface area contributed by atoms with Crippen LogP contribution in [0.5, 0.6) is 0 Å². The number of likely N-dealkylation sites (N-methyl/N-ethyl adjacent to an activating group) is 1. The van der Waals surface area contributed by atoms with Crippen molar-refractivity contribution < 1.29 is 23.9 Å². The fourth-order valence-electron chi connectivity index (χ4n) is 2.91. The number of piperidine rings is 1. The van der Waals surface area contributed by atoms with Gasteiger partial charge in [-0.25, -0.2) is 4.39 Å². The van der Waals surface area contributed by atoms with E-state index in [-0.39, 0.29) is 24.9 Å². The van der Waals surface area contributed by atoms with Crippen LogP contribution in [0, 0.1) is 11.7 Å². The number of rotatable bonds is 5. The SMILES string of the molecule is CCN(CC(=O)O)C(=O)C1CCCN(C(=O)c2ccc(F)cc2)C1. The first kappa shape index (κ1) is 17.9. The molecule has 0 spiro atoms. The molecule has 1 N–H and O–H groups in total. The Hall–Kier alpha value is -2.44. The number of halogens is 1. The summed E-state index contributed by atoms with van der Waals surface area (Å²) in [4.78, 5) is 38.7. The van der Waals surface area contributed by atoms with Gasteiger partial charge < -0.3 is 14.9 Å². The van der Waals surface area contributed by atoms with Crippen LogP contribution in [-0.2, 0) is 9.59 Å². The van der Waals surface area contributed by atoms with Gasteiger partial charge in [0.25, 0.3) is 5.91 Å². The zero-order valence-electron chi connectivity index (χ0n) is 13.6. The van der Waals surface area contributed by atoms with Crippen molar-refractivity contribution in [3.63, 3.8) is 0 Å². The summed E-state index contributed by atoms with van der Waals surface area (Å²) < 4.78 is 13.0. The highest BCUT2D eigenvalue weighted by molar-refractivity contribution is 5.94. The Kier molecular flexibility index (Phi) is 5.89. The van der Waals surface area contributed by atoms with E-state index in [0.29, 0.717) is 31.5 Å². The largest absolute Gasteiger partial charge is 0.480 e. The molecule has 1 aromatic rings. The van der Waals surface area contributed by atoms with Crippen molar-refractivity contribution in [1.29, 1.82) is 0 Å². The molecular weight excluding hydrogens is 315 g/mol. The van der Waals surface area contributed by atoms with E-state index in [1.165, 1.54) is 29.2 Å². The van der Waals surface area contributed by atoms with Gasteiger partial charge in [-0.1, -0.05) is 0 Å². The lowest BCUT2D eigenvalue weighted by atomic mass is 9.95. The third kappa shape index (κ3) is 4.31. The molecule has 1 fully saturated rings. The Balaban J connectivity index is 2.05. The van der Waals surface area contributed by atoms with Crippen LogP contribution in [0.4, 0.5) is 4.39 Å². The van der Waals surface area contributed by atoms with Crippen LogP contribution in [0.15, 0.2) is 24.3 Å². The second kappa shape index (κ2) is 7.90. The summed E-state index contributed by atoms with van der Waals surface area (Å²) in [5.74, 6) is -2.35. The van der Waals surface area contributed by atoms with Gasteiger partial charge in [0.2, 0.25) is 5.91 Å². The first-order chi connectivity index (χ1) is 11.4. The fourth-order valence-corrected chi connectivity index (χ4v) is 2.91. The van der Waals surface area contributed by atoms with Crippen molar-refractivity contribution in [2.45, 2.75) is 19.8 Å². The maximum atomic E-state index is 13.0. The number of aliphatic carboxylic acids is 1. The van der Waals surface area contributed by atoms with Crippen molar-refractivity contribution >= 4 is 17.8 Å². The highest BCUT2D eigenvalue weighted by Gasteiger charge is 2.31. The zero-order chi connectivity index (χ0) is 17.7. The predicted molar refractivity (Wildman–Crippen MR) is 84.9 cm³/mol. The number of carbonyl (C=O) groups excluding carboxylic acids is 2. The molecule has 0 saturated carbocycles. The molecule has 0 aromatic heterocycles. The highest BCUT2D eigenvalue weighted by atomic mass is 19.1. The third-order valence-electron chi connectivity index (χ3n) is 4.17. The van der Waals surface area contributed by atoms with Crippen LogP contribution in [0.2, 0.25) is 0 Å². The average molecular weight is 336 g/mol. The van der Waals surface area contributed by atoms with Crippen LogP contribution in [0.25, 0.3) is 0 Å². The molecule has 1 atom stereocenters. The van der Waals surface area contributed by atoms with E-state index in [0.717, 1.165) is 0 Å². The van der Waals surface area contributed by atoms with Gasteiger partial charge in [0.15, 0.2) is 0 Å². The van der Waals surface area contributed by atoms with Crippen molar-refractivity contribution in [2.75, 3.05) is 26.2 Å². The summed E-state index contributed by atoms with van der Waals surface area (Å²) in [5, 5.41) is 8.88. The summed E-state index contributed by atoms with van der Waals surface area (Å²) >= 11 is 0. The molecule has 1 aliphatic heterocycles. The average Bonchev–Trinajstić information content (AvgIpc) is 2.59. The minimum Gasteiger partial charge on any atom is -0.480 e. The van der Waals surface area contributed by atoms with Gasteiger partial charge >= 0.3 is 5.97 Å². The van der Waals surface area contributed by atoms with Gasteiger partial charge in [0.05, 0.1) is 5.92 Å². The Morgan fingerprint density at radius 1 is 1.29 bits per heavy atom. The summed E-state index contributed by atoms with van der Waals surface area (Å²) in [6.07, 6.45) is 1.30. The number of carboxylic acid groups (broad SMARTS) is 1. The van der Waals surface area contributed by atoms with Gasteiger partial charge in [-0.3, -0.25) is 14.4 Å². The molecule has 1 aliphatic rings. The molecule has 0 aliphatic carbocycles. The fraction of sp³-hybridized carbons (Fsp3) is 0.471. The van der Waals surface area contributed by atoms with Crippen LogP contribution in [-0.4, -0.2) is 58.9 Å². The number of benzene rings is 1. The van der Waals surface area contributed by atoms with E-state index in [1.807, 2.05) is 0 Å². The van der Waals surface area contributed by atoms with Crippen molar-refractivity contribution in [1.82, 2.24) is 9.80 Å². The smallest absolute Gasteiger partial charge is 0.323 e. The summed E-state index contributed by atoms with van der Waals surface area (Å²) in [5.41, 5.74) is 0.377. The standard InChI is InChI=1S/C17H21FN2O4/c1-2-19(11-15(21)22)17(24)13-4-3-9-20(10-13)16(23)12-5-7-14(18)8-6-12/h5-8,13H,2-4,9-11H2,1H3,(H,21,22). The van der Waals surface area contributed by atoms with Gasteiger partial charge in [0, 0.05) is 25.2 Å². The maximum absolute atomic E-state index is 13.0. The quantitative estimate of drug-likeness (QED) is 0.886. The topological polar surface area (TPSA) is 77.9 Å². The van der Waals surface area contributed by atoms with Crippen molar-refractivity contribution in [2.24, 2.45) is 5.92 Å². The van der Waals surface area contributed by atoms with Crippen LogP contribution >= 0.6 is 0 Å². The Bertz CT molecular complexity index is 618. The lowest BCUT2D eigenvalue weighted by Crippen LogP contribution is -2.47. The minimum absolute atomic E-state index is 0.239. The molecule has 1 saturated heterocycles. The first-order valence-electron chi connectivity index (χ1n) is 7.97. The second-order valence-electron chi connectivity index (χ2n) is 5.84. The Morgan fingerprint density at radius 2 is 1.96 bits per heavy atom. The number of hydrogen-bond acceptors (Lipinski definition) is 3. The Labute approximate surface area is 139 Å². The molecular formula is C17H21FN2O4.